The van der Waals surface area contributed by atoms with E-state index in [9.17, 15) is 9.90 Å². The molecule has 2 aliphatic rings. The maximum absolute atomic E-state index is 11.3. The zero-order valence-corrected chi connectivity index (χ0v) is 10.5. The van der Waals surface area contributed by atoms with Gasteiger partial charge in [-0.15, -0.1) is 5.92 Å². The molecule has 1 aliphatic heterocycles. The summed E-state index contributed by atoms with van der Waals surface area (Å²) < 4.78 is 0. The lowest BCUT2D eigenvalue weighted by Crippen LogP contribution is -2.55. The van der Waals surface area contributed by atoms with E-state index in [-0.39, 0.29) is 6.04 Å². The zero-order chi connectivity index (χ0) is 12.3. The molecule has 1 aliphatic carbocycles. The standard InChI is InChI=1S/C14H21NO2/c1-2-3-10-15-12-7-5-4-6-11(12)8-9-13(15)14(16)17/h11-13H,4-10H2,1H3,(H,16,17). The summed E-state index contributed by atoms with van der Waals surface area (Å²) in [7, 11) is 0. The largest absolute Gasteiger partial charge is 0.480 e. The number of rotatable bonds is 2. The van der Waals surface area contributed by atoms with Gasteiger partial charge >= 0.3 is 5.97 Å². The summed E-state index contributed by atoms with van der Waals surface area (Å²) in [6.07, 6.45) is 6.85. The molecular formula is C14H21NO2. The fraction of sp³-hybridized carbons (Fsp3) is 0.786. The van der Waals surface area contributed by atoms with Gasteiger partial charge in [0.05, 0.1) is 6.54 Å². The smallest absolute Gasteiger partial charge is 0.320 e. The van der Waals surface area contributed by atoms with Crippen molar-refractivity contribution in [3.8, 4) is 11.8 Å². The van der Waals surface area contributed by atoms with Crippen LogP contribution in [0.2, 0.25) is 0 Å². The van der Waals surface area contributed by atoms with Gasteiger partial charge in [-0.3, -0.25) is 9.69 Å². The van der Waals surface area contributed by atoms with Crippen molar-refractivity contribution in [3.05, 3.63) is 0 Å². The first-order valence-electron chi connectivity index (χ1n) is 6.62. The molecule has 1 heterocycles. The number of hydrogen-bond donors (Lipinski definition) is 1. The van der Waals surface area contributed by atoms with Gasteiger partial charge in [-0.1, -0.05) is 18.8 Å². The van der Waals surface area contributed by atoms with Crippen molar-refractivity contribution < 1.29 is 9.90 Å². The zero-order valence-electron chi connectivity index (χ0n) is 10.5. The Balaban J connectivity index is 2.14. The molecule has 94 valence electrons. The van der Waals surface area contributed by atoms with Gasteiger partial charge in [0.15, 0.2) is 0 Å². The third-order valence-electron chi connectivity index (χ3n) is 4.23. The minimum Gasteiger partial charge on any atom is -0.480 e. The lowest BCUT2D eigenvalue weighted by Gasteiger charge is -2.46. The molecule has 17 heavy (non-hydrogen) atoms. The van der Waals surface area contributed by atoms with Crippen LogP contribution in [0, 0.1) is 17.8 Å². The fourth-order valence-corrected chi connectivity index (χ4v) is 3.39. The van der Waals surface area contributed by atoms with Gasteiger partial charge in [0.1, 0.15) is 6.04 Å². The Labute approximate surface area is 103 Å². The monoisotopic (exact) mass is 235 g/mol. The highest BCUT2D eigenvalue weighted by Gasteiger charge is 2.40. The number of nitrogens with zero attached hydrogens (tertiary/aromatic N) is 1. The molecule has 0 radical (unpaired) electrons. The van der Waals surface area contributed by atoms with E-state index in [0.717, 1.165) is 19.3 Å². The molecule has 2 rings (SSSR count). The number of likely N-dealkylation sites (tertiary alicyclic amines) is 1. The molecule has 0 aromatic heterocycles. The molecule has 1 saturated heterocycles. The van der Waals surface area contributed by atoms with Crippen molar-refractivity contribution >= 4 is 5.97 Å². The molecule has 0 spiro atoms. The van der Waals surface area contributed by atoms with Crippen LogP contribution >= 0.6 is 0 Å². The van der Waals surface area contributed by atoms with Crippen molar-refractivity contribution in [1.82, 2.24) is 4.90 Å². The Hall–Kier alpha value is -1.01. The Kier molecular flexibility index (Phi) is 4.06. The number of piperidine rings is 1. The average Bonchev–Trinajstić information content (AvgIpc) is 2.35. The van der Waals surface area contributed by atoms with Gasteiger partial charge in [-0.05, 0) is 38.5 Å². The normalized spacial score (nSPS) is 33.4. The van der Waals surface area contributed by atoms with Crippen LogP contribution in [-0.2, 0) is 4.79 Å². The molecule has 3 atom stereocenters. The van der Waals surface area contributed by atoms with E-state index in [1.54, 1.807) is 0 Å². The lowest BCUT2D eigenvalue weighted by molar-refractivity contribution is -0.147. The van der Waals surface area contributed by atoms with Gasteiger partial charge < -0.3 is 5.11 Å². The molecular weight excluding hydrogens is 214 g/mol. The summed E-state index contributed by atoms with van der Waals surface area (Å²) in [6, 6.07) is 0.148. The highest BCUT2D eigenvalue weighted by Crippen LogP contribution is 2.37. The maximum atomic E-state index is 11.3. The minimum absolute atomic E-state index is 0.310. The molecule has 1 N–H and O–H groups in total. The van der Waals surface area contributed by atoms with E-state index >= 15 is 0 Å². The van der Waals surface area contributed by atoms with Gasteiger partial charge in [0.2, 0.25) is 0 Å². The minimum atomic E-state index is -0.674. The fourth-order valence-electron chi connectivity index (χ4n) is 3.39. The van der Waals surface area contributed by atoms with Crippen LogP contribution in [0.15, 0.2) is 0 Å². The summed E-state index contributed by atoms with van der Waals surface area (Å²) in [6.45, 7) is 2.44. The topological polar surface area (TPSA) is 40.5 Å². The molecule has 0 aromatic rings. The number of carboxylic acid groups (broad SMARTS) is 1. The summed E-state index contributed by atoms with van der Waals surface area (Å²) in [5, 5.41) is 9.31. The van der Waals surface area contributed by atoms with E-state index in [1.807, 2.05) is 6.92 Å². The van der Waals surface area contributed by atoms with E-state index < -0.39 is 5.97 Å². The average molecular weight is 235 g/mol. The quantitative estimate of drug-likeness (QED) is 0.745. The molecule has 2 fully saturated rings. The SMILES string of the molecule is CC#CCN1C(C(=O)O)CCC2CCCCC21. The third kappa shape index (κ3) is 2.63. The third-order valence-corrected chi connectivity index (χ3v) is 4.23. The first kappa shape index (κ1) is 12.4. The van der Waals surface area contributed by atoms with Crippen LogP contribution in [0.25, 0.3) is 0 Å². The Morgan fingerprint density at radius 1 is 1.29 bits per heavy atom. The van der Waals surface area contributed by atoms with E-state index in [2.05, 4.69) is 16.7 Å². The Bertz CT molecular complexity index is 342. The number of carbonyl (C=O) groups is 1. The van der Waals surface area contributed by atoms with E-state index in [1.165, 1.54) is 19.3 Å². The highest BCUT2D eigenvalue weighted by atomic mass is 16.4. The number of fused-ring (bicyclic) bond motifs is 1. The van der Waals surface area contributed by atoms with E-state index in [0.29, 0.717) is 18.5 Å². The van der Waals surface area contributed by atoms with Crippen molar-refractivity contribution in [1.29, 1.82) is 0 Å². The van der Waals surface area contributed by atoms with Gasteiger partial charge in [0.25, 0.3) is 0 Å². The van der Waals surface area contributed by atoms with Crippen molar-refractivity contribution in [2.75, 3.05) is 6.54 Å². The molecule has 3 unspecified atom stereocenters. The van der Waals surface area contributed by atoms with Crippen LogP contribution < -0.4 is 0 Å². The summed E-state index contributed by atoms with van der Waals surface area (Å²) in [5.41, 5.74) is 0. The summed E-state index contributed by atoms with van der Waals surface area (Å²) in [4.78, 5) is 13.5. The predicted octanol–water partition coefficient (Wildman–Crippen LogP) is 2.12. The molecule has 0 bridgehead atoms. The lowest BCUT2D eigenvalue weighted by atomic mass is 9.76. The van der Waals surface area contributed by atoms with Crippen LogP contribution in [-0.4, -0.2) is 34.6 Å². The predicted molar refractivity (Wildman–Crippen MR) is 66.6 cm³/mol. The van der Waals surface area contributed by atoms with E-state index in [4.69, 9.17) is 0 Å². The Morgan fingerprint density at radius 3 is 2.76 bits per heavy atom. The second-order valence-electron chi connectivity index (χ2n) is 5.14. The van der Waals surface area contributed by atoms with Gasteiger partial charge in [0, 0.05) is 6.04 Å². The molecule has 0 amide bonds. The number of aliphatic carboxylic acids is 1. The number of hydrogen-bond acceptors (Lipinski definition) is 2. The molecule has 3 heteroatoms. The van der Waals surface area contributed by atoms with Crippen molar-refractivity contribution in [3.63, 3.8) is 0 Å². The first-order valence-corrected chi connectivity index (χ1v) is 6.62. The summed E-state index contributed by atoms with van der Waals surface area (Å²) in [5.74, 6) is 5.97. The Morgan fingerprint density at radius 2 is 2.06 bits per heavy atom. The van der Waals surface area contributed by atoms with Crippen molar-refractivity contribution in [2.24, 2.45) is 5.92 Å². The van der Waals surface area contributed by atoms with Crippen LogP contribution in [0.1, 0.15) is 45.4 Å². The molecule has 0 aromatic carbocycles. The van der Waals surface area contributed by atoms with Crippen LogP contribution in [0.3, 0.4) is 0 Å². The van der Waals surface area contributed by atoms with Crippen molar-refractivity contribution in [2.45, 2.75) is 57.5 Å². The second kappa shape index (κ2) is 5.55. The molecule has 3 nitrogen and oxygen atoms in total. The maximum Gasteiger partial charge on any atom is 0.320 e. The molecule has 1 saturated carbocycles. The van der Waals surface area contributed by atoms with Crippen LogP contribution in [0.5, 0.6) is 0 Å². The van der Waals surface area contributed by atoms with Gasteiger partial charge in [-0.25, -0.2) is 0 Å². The number of carboxylic acids is 1. The van der Waals surface area contributed by atoms with Crippen LogP contribution in [0.4, 0.5) is 0 Å². The second-order valence-corrected chi connectivity index (χ2v) is 5.14. The first-order chi connectivity index (χ1) is 8.24. The highest BCUT2D eigenvalue weighted by molar-refractivity contribution is 5.73. The van der Waals surface area contributed by atoms with Gasteiger partial charge in [-0.2, -0.15) is 0 Å². The summed E-state index contributed by atoms with van der Waals surface area (Å²) >= 11 is 0.